The summed E-state index contributed by atoms with van der Waals surface area (Å²) in [7, 11) is 0. The minimum absolute atomic E-state index is 0.115. The Hall–Kier alpha value is -1.68. The fourth-order valence-corrected chi connectivity index (χ4v) is 2.67. The molecular weight excluding hydrogens is 268 g/mol. The van der Waals surface area contributed by atoms with Crippen LogP contribution in [0.1, 0.15) is 29.1 Å². The second kappa shape index (κ2) is 7.80. The van der Waals surface area contributed by atoms with Gasteiger partial charge in [-0.1, -0.05) is 30.3 Å². The molecule has 106 valence electrons. The number of rotatable bonds is 7. The van der Waals surface area contributed by atoms with Crippen LogP contribution in [0.5, 0.6) is 0 Å². The van der Waals surface area contributed by atoms with Gasteiger partial charge in [0.25, 0.3) is 0 Å². The average Bonchev–Trinajstić information content (AvgIpc) is 2.88. The van der Waals surface area contributed by atoms with Crippen molar-refractivity contribution in [2.24, 2.45) is 0 Å². The molecule has 0 fully saturated rings. The highest BCUT2D eigenvalue weighted by Gasteiger charge is 2.04. The van der Waals surface area contributed by atoms with Crippen molar-refractivity contribution >= 4 is 17.2 Å². The molecule has 0 aliphatic carbocycles. The van der Waals surface area contributed by atoms with E-state index in [1.165, 1.54) is 5.56 Å². The van der Waals surface area contributed by atoms with Gasteiger partial charge in [0.05, 0.1) is 10.7 Å². The highest BCUT2D eigenvalue weighted by molar-refractivity contribution is 7.09. The van der Waals surface area contributed by atoms with Crippen LogP contribution in [-0.2, 0) is 17.6 Å². The van der Waals surface area contributed by atoms with E-state index in [0.717, 1.165) is 36.5 Å². The number of amides is 1. The SMILES string of the molecule is Cc1nc(CCC(=O)NCCCc2ccccc2)cs1. The summed E-state index contributed by atoms with van der Waals surface area (Å²) in [6.07, 6.45) is 3.24. The van der Waals surface area contributed by atoms with Gasteiger partial charge in [0.15, 0.2) is 0 Å². The molecule has 0 unspecified atom stereocenters. The predicted molar refractivity (Wildman–Crippen MR) is 82.9 cm³/mol. The number of aromatic nitrogens is 1. The molecule has 0 bridgehead atoms. The second-order valence-electron chi connectivity index (χ2n) is 4.80. The van der Waals surface area contributed by atoms with E-state index in [1.807, 2.05) is 30.5 Å². The van der Waals surface area contributed by atoms with E-state index in [1.54, 1.807) is 11.3 Å². The van der Waals surface area contributed by atoms with Gasteiger partial charge in [-0.25, -0.2) is 4.98 Å². The minimum Gasteiger partial charge on any atom is -0.356 e. The van der Waals surface area contributed by atoms with E-state index in [0.29, 0.717) is 6.42 Å². The summed E-state index contributed by atoms with van der Waals surface area (Å²) < 4.78 is 0. The third kappa shape index (κ3) is 5.13. The first kappa shape index (κ1) is 14.7. The maximum Gasteiger partial charge on any atom is 0.220 e. The fourth-order valence-electron chi connectivity index (χ4n) is 2.02. The Morgan fingerprint density at radius 1 is 1.25 bits per heavy atom. The lowest BCUT2D eigenvalue weighted by atomic mass is 10.1. The maximum absolute atomic E-state index is 11.7. The molecule has 1 aromatic heterocycles. The molecule has 1 N–H and O–H groups in total. The molecule has 4 heteroatoms. The molecule has 2 rings (SSSR count). The van der Waals surface area contributed by atoms with E-state index < -0.39 is 0 Å². The van der Waals surface area contributed by atoms with Crippen molar-refractivity contribution in [2.45, 2.75) is 32.6 Å². The van der Waals surface area contributed by atoms with Crippen LogP contribution < -0.4 is 5.32 Å². The maximum atomic E-state index is 11.7. The Balaban J connectivity index is 1.58. The standard InChI is InChI=1S/C16H20N2OS/c1-13-18-15(12-20-13)9-10-16(19)17-11-5-8-14-6-3-2-4-7-14/h2-4,6-7,12H,5,8-11H2,1H3,(H,17,19). The molecule has 2 aromatic rings. The highest BCUT2D eigenvalue weighted by atomic mass is 32.1. The lowest BCUT2D eigenvalue weighted by Crippen LogP contribution is -2.25. The summed E-state index contributed by atoms with van der Waals surface area (Å²) in [6, 6.07) is 10.3. The summed E-state index contributed by atoms with van der Waals surface area (Å²) in [5, 5.41) is 6.05. The van der Waals surface area contributed by atoms with Crippen molar-refractivity contribution in [3.05, 3.63) is 52.0 Å². The average molecular weight is 288 g/mol. The Morgan fingerprint density at radius 2 is 2.05 bits per heavy atom. The van der Waals surface area contributed by atoms with Crippen molar-refractivity contribution in [3.63, 3.8) is 0 Å². The predicted octanol–water partition coefficient (Wildman–Crippen LogP) is 3.13. The Kier molecular flexibility index (Phi) is 5.74. The molecule has 0 saturated heterocycles. The van der Waals surface area contributed by atoms with Crippen LogP contribution in [0, 0.1) is 6.92 Å². The van der Waals surface area contributed by atoms with Crippen LogP contribution in [0.25, 0.3) is 0 Å². The second-order valence-corrected chi connectivity index (χ2v) is 5.86. The summed E-state index contributed by atoms with van der Waals surface area (Å²) in [6.45, 7) is 2.72. The van der Waals surface area contributed by atoms with Crippen molar-refractivity contribution in [1.82, 2.24) is 10.3 Å². The number of nitrogens with zero attached hydrogens (tertiary/aromatic N) is 1. The first-order valence-electron chi connectivity index (χ1n) is 6.95. The van der Waals surface area contributed by atoms with Gasteiger partial charge in [0.1, 0.15) is 0 Å². The quantitative estimate of drug-likeness (QED) is 0.795. The molecule has 20 heavy (non-hydrogen) atoms. The molecule has 1 aromatic carbocycles. The van der Waals surface area contributed by atoms with Crippen LogP contribution in [0.2, 0.25) is 0 Å². The fraction of sp³-hybridized carbons (Fsp3) is 0.375. The molecule has 0 spiro atoms. The zero-order chi connectivity index (χ0) is 14.2. The molecule has 0 saturated carbocycles. The van der Waals surface area contributed by atoms with E-state index in [4.69, 9.17) is 0 Å². The van der Waals surface area contributed by atoms with Gasteiger partial charge in [-0.3, -0.25) is 4.79 Å². The molecule has 1 amide bonds. The van der Waals surface area contributed by atoms with Gasteiger partial charge in [0.2, 0.25) is 5.91 Å². The molecular formula is C16H20N2OS. The van der Waals surface area contributed by atoms with Crippen LogP contribution in [-0.4, -0.2) is 17.4 Å². The third-order valence-electron chi connectivity index (χ3n) is 3.08. The Labute approximate surface area is 124 Å². The third-order valence-corrected chi connectivity index (χ3v) is 3.90. The van der Waals surface area contributed by atoms with Crippen LogP contribution in [0.3, 0.4) is 0 Å². The lowest BCUT2D eigenvalue weighted by molar-refractivity contribution is -0.121. The topological polar surface area (TPSA) is 42.0 Å². The van der Waals surface area contributed by atoms with Crippen LogP contribution in [0.15, 0.2) is 35.7 Å². The van der Waals surface area contributed by atoms with Crippen molar-refractivity contribution in [3.8, 4) is 0 Å². The van der Waals surface area contributed by atoms with Gasteiger partial charge in [0, 0.05) is 18.3 Å². The van der Waals surface area contributed by atoms with Gasteiger partial charge < -0.3 is 5.32 Å². The molecule has 1 heterocycles. The Morgan fingerprint density at radius 3 is 2.75 bits per heavy atom. The zero-order valence-electron chi connectivity index (χ0n) is 11.8. The number of hydrogen-bond acceptors (Lipinski definition) is 3. The lowest BCUT2D eigenvalue weighted by Gasteiger charge is -2.04. The van der Waals surface area contributed by atoms with E-state index >= 15 is 0 Å². The van der Waals surface area contributed by atoms with Gasteiger partial charge in [-0.2, -0.15) is 0 Å². The number of benzene rings is 1. The molecule has 3 nitrogen and oxygen atoms in total. The van der Waals surface area contributed by atoms with Gasteiger partial charge in [-0.05, 0) is 31.7 Å². The number of thiazole rings is 1. The van der Waals surface area contributed by atoms with E-state index in [9.17, 15) is 4.79 Å². The van der Waals surface area contributed by atoms with Gasteiger partial charge in [-0.15, -0.1) is 11.3 Å². The van der Waals surface area contributed by atoms with Gasteiger partial charge >= 0.3 is 0 Å². The normalized spacial score (nSPS) is 10.4. The zero-order valence-corrected chi connectivity index (χ0v) is 12.6. The van der Waals surface area contributed by atoms with Crippen LogP contribution in [0.4, 0.5) is 0 Å². The first-order valence-corrected chi connectivity index (χ1v) is 7.83. The Bertz CT molecular complexity index is 536. The smallest absolute Gasteiger partial charge is 0.220 e. The molecule has 0 aliphatic rings. The van der Waals surface area contributed by atoms with E-state index in [-0.39, 0.29) is 5.91 Å². The molecule has 0 aliphatic heterocycles. The number of hydrogen-bond donors (Lipinski definition) is 1. The number of carbonyl (C=O) groups excluding carboxylic acids is 1. The van der Waals surface area contributed by atoms with Crippen molar-refractivity contribution < 1.29 is 4.79 Å². The first-order chi connectivity index (χ1) is 9.74. The summed E-state index contributed by atoms with van der Waals surface area (Å²) in [4.78, 5) is 16.1. The minimum atomic E-state index is 0.115. The van der Waals surface area contributed by atoms with E-state index in [2.05, 4.69) is 22.4 Å². The summed E-state index contributed by atoms with van der Waals surface area (Å²) >= 11 is 1.63. The highest BCUT2D eigenvalue weighted by Crippen LogP contribution is 2.09. The number of aryl methyl sites for hydroxylation is 3. The molecule has 0 radical (unpaired) electrons. The van der Waals surface area contributed by atoms with Crippen molar-refractivity contribution in [1.29, 1.82) is 0 Å². The number of nitrogens with one attached hydrogen (secondary N) is 1. The molecule has 0 atom stereocenters. The summed E-state index contributed by atoms with van der Waals surface area (Å²) in [5.74, 6) is 0.115. The summed E-state index contributed by atoms with van der Waals surface area (Å²) in [5.41, 5.74) is 2.34. The monoisotopic (exact) mass is 288 g/mol. The number of carbonyl (C=O) groups is 1. The largest absolute Gasteiger partial charge is 0.356 e. The van der Waals surface area contributed by atoms with Crippen LogP contribution >= 0.6 is 11.3 Å². The van der Waals surface area contributed by atoms with Crippen molar-refractivity contribution in [2.75, 3.05) is 6.54 Å².